The molecule has 20 heavy (non-hydrogen) atoms. The molecular weight excluding hydrogens is 252 g/mol. The zero-order valence-electron chi connectivity index (χ0n) is 10.8. The summed E-state index contributed by atoms with van der Waals surface area (Å²) in [4.78, 5) is 15.3. The van der Waals surface area contributed by atoms with Gasteiger partial charge in [0.05, 0.1) is 5.56 Å². The van der Waals surface area contributed by atoms with Crippen LogP contribution in [0.1, 0.15) is 15.9 Å². The summed E-state index contributed by atoms with van der Waals surface area (Å²) in [5.74, 6) is 0.0254. The van der Waals surface area contributed by atoms with Crippen LogP contribution in [0.15, 0.2) is 54.7 Å². The molecule has 0 aliphatic carbocycles. The second-order valence-electron chi connectivity index (χ2n) is 4.56. The molecule has 3 aromatic rings. The lowest BCUT2D eigenvalue weighted by Crippen LogP contribution is -2.22. The Balaban J connectivity index is 1.79. The van der Waals surface area contributed by atoms with Gasteiger partial charge in [-0.05, 0) is 12.1 Å². The number of hydrogen-bond donors (Lipinski definition) is 3. The number of aromatic hydroxyl groups is 1. The van der Waals surface area contributed by atoms with Gasteiger partial charge in [-0.15, -0.1) is 0 Å². The topological polar surface area (TPSA) is 65.1 Å². The molecule has 2 aromatic carbocycles. The minimum Gasteiger partial charge on any atom is -0.508 e. The van der Waals surface area contributed by atoms with Gasteiger partial charge in [-0.2, -0.15) is 0 Å². The van der Waals surface area contributed by atoms with E-state index in [0.29, 0.717) is 17.7 Å². The highest BCUT2D eigenvalue weighted by Gasteiger charge is 2.11. The zero-order valence-corrected chi connectivity index (χ0v) is 10.8. The molecule has 0 atom stereocenters. The Labute approximate surface area is 116 Å². The molecule has 0 spiro atoms. The molecule has 3 N–H and O–H groups in total. The normalized spacial score (nSPS) is 10.6. The van der Waals surface area contributed by atoms with E-state index in [2.05, 4.69) is 10.3 Å². The molecule has 4 heteroatoms. The first-order valence-electron chi connectivity index (χ1n) is 6.37. The van der Waals surface area contributed by atoms with E-state index in [1.165, 1.54) is 0 Å². The predicted molar refractivity (Wildman–Crippen MR) is 77.6 cm³/mol. The molecule has 1 amide bonds. The standard InChI is InChI=1S/C16H14N2O2/c19-15-8-4-1-5-11(15)9-18-16(20)13-10-17-14-7-3-2-6-12(13)14/h1-8,10,17,19H,9H2,(H,18,20). The van der Waals surface area contributed by atoms with Crippen LogP contribution in [0.25, 0.3) is 10.9 Å². The van der Waals surface area contributed by atoms with Crippen LogP contribution < -0.4 is 5.32 Å². The number of carbonyl (C=O) groups is 1. The number of phenols is 1. The first kappa shape index (κ1) is 12.3. The first-order chi connectivity index (χ1) is 9.75. The lowest BCUT2D eigenvalue weighted by Gasteiger charge is -2.06. The number of aromatic nitrogens is 1. The smallest absolute Gasteiger partial charge is 0.253 e. The second kappa shape index (κ2) is 5.09. The predicted octanol–water partition coefficient (Wildman–Crippen LogP) is 2.80. The molecule has 100 valence electrons. The monoisotopic (exact) mass is 266 g/mol. The van der Waals surface area contributed by atoms with Crippen LogP contribution in [0, 0.1) is 0 Å². The number of rotatable bonds is 3. The van der Waals surface area contributed by atoms with E-state index in [9.17, 15) is 9.90 Å². The maximum Gasteiger partial charge on any atom is 0.253 e. The highest BCUT2D eigenvalue weighted by Crippen LogP contribution is 2.18. The van der Waals surface area contributed by atoms with Crippen molar-refractivity contribution in [2.75, 3.05) is 0 Å². The van der Waals surface area contributed by atoms with E-state index in [1.807, 2.05) is 30.3 Å². The number of aromatic amines is 1. The SMILES string of the molecule is O=C(NCc1ccccc1O)c1c[nH]c2ccccc12. The van der Waals surface area contributed by atoms with Gasteiger partial charge in [0.25, 0.3) is 5.91 Å². The Kier molecular flexibility index (Phi) is 3.13. The molecule has 0 bridgehead atoms. The molecule has 0 radical (unpaired) electrons. The molecule has 0 aliphatic rings. The number of phenolic OH excluding ortho intramolecular Hbond substituents is 1. The van der Waals surface area contributed by atoms with E-state index < -0.39 is 0 Å². The summed E-state index contributed by atoms with van der Waals surface area (Å²) in [6.45, 7) is 0.297. The molecule has 1 aromatic heterocycles. The van der Waals surface area contributed by atoms with Crippen molar-refractivity contribution in [3.8, 4) is 5.75 Å². The van der Waals surface area contributed by atoms with Gasteiger partial charge >= 0.3 is 0 Å². The average Bonchev–Trinajstić information content (AvgIpc) is 2.90. The van der Waals surface area contributed by atoms with E-state index in [0.717, 1.165) is 10.9 Å². The second-order valence-corrected chi connectivity index (χ2v) is 4.56. The molecule has 0 fully saturated rings. The van der Waals surface area contributed by atoms with Crippen molar-refractivity contribution in [3.05, 3.63) is 65.9 Å². The fraction of sp³-hybridized carbons (Fsp3) is 0.0625. The van der Waals surface area contributed by atoms with Crippen molar-refractivity contribution in [2.24, 2.45) is 0 Å². The number of fused-ring (bicyclic) bond motifs is 1. The largest absolute Gasteiger partial charge is 0.508 e. The Morgan fingerprint density at radius 2 is 1.85 bits per heavy atom. The van der Waals surface area contributed by atoms with Crippen LogP contribution in [-0.2, 0) is 6.54 Å². The summed E-state index contributed by atoms with van der Waals surface area (Å²) in [5.41, 5.74) is 2.23. The van der Waals surface area contributed by atoms with Gasteiger partial charge in [-0.25, -0.2) is 0 Å². The number of hydrogen-bond acceptors (Lipinski definition) is 2. The quantitative estimate of drug-likeness (QED) is 0.682. The van der Waals surface area contributed by atoms with Crippen LogP contribution in [0.5, 0.6) is 5.75 Å². The minimum atomic E-state index is -0.161. The Hall–Kier alpha value is -2.75. The molecule has 0 unspecified atom stereocenters. The van der Waals surface area contributed by atoms with Gasteiger partial charge in [0.1, 0.15) is 5.75 Å². The molecule has 0 aliphatic heterocycles. The van der Waals surface area contributed by atoms with Crippen molar-refractivity contribution >= 4 is 16.8 Å². The minimum absolute atomic E-state index is 0.161. The fourth-order valence-electron chi connectivity index (χ4n) is 2.19. The summed E-state index contributed by atoms with van der Waals surface area (Å²) < 4.78 is 0. The van der Waals surface area contributed by atoms with E-state index in [1.54, 1.807) is 24.4 Å². The van der Waals surface area contributed by atoms with Gasteiger partial charge in [0, 0.05) is 29.2 Å². The number of carbonyl (C=O) groups excluding carboxylic acids is 1. The number of benzene rings is 2. The van der Waals surface area contributed by atoms with Gasteiger partial charge in [0.15, 0.2) is 0 Å². The number of para-hydroxylation sites is 2. The van der Waals surface area contributed by atoms with Crippen molar-refractivity contribution < 1.29 is 9.90 Å². The Bertz CT molecular complexity index is 762. The summed E-state index contributed by atoms with van der Waals surface area (Å²) in [6.07, 6.45) is 1.70. The van der Waals surface area contributed by atoms with Gasteiger partial charge in [-0.1, -0.05) is 36.4 Å². The molecule has 0 saturated heterocycles. The Morgan fingerprint density at radius 1 is 1.10 bits per heavy atom. The molecule has 1 heterocycles. The summed E-state index contributed by atoms with van der Waals surface area (Å²) in [5, 5.41) is 13.4. The van der Waals surface area contributed by atoms with Gasteiger partial charge in [0.2, 0.25) is 0 Å². The molecule has 3 rings (SSSR count). The van der Waals surface area contributed by atoms with Crippen LogP contribution in [-0.4, -0.2) is 16.0 Å². The summed E-state index contributed by atoms with van der Waals surface area (Å²) >= 11 is 0. The Morgan fingerprint density at radius 3 is 2.70 bits per heavy atom. The van der Waals surface area contributed by atoms with Crippen molar-refractivity contribution in [1.82, 2.24) is 10.3 Å². The maximum atomic E-state index is 12.2. The maximum absolute atomic E-state index is 12.2. The zero-order chi connectivity index (χ0) is 13.9. The number of nitrogens with one attached hydrogen (secondary N) is 2. The van der Waals surface area contributed by atoms with Crippen molar-refractivity contribution in [2.45, 2.75) is 6.54 Å². The van der Waals surface area contributed by atoms with Crippen LogP contribution in [0.2, 0.25) is 0 Å². The van der Waals surface area contributed by atoms with Crippen LogP contribution >= 0.6 is 0 Å². The highest BCUT2D eigenvalue weighted by molar-refractivity contribution is 6.06. The van der Waals surface area contributed by atoms with E-state index >= 15 is 0 Å². The van der Waals surface area contributed by atoms with Gasteiger partial charge < -0.3 is 15.4 Å². The lowest BCUT2D eigenvalue weighted by molar-refractivity contribution is 0.0952. The summed E-state index contributed by atoms with van der Waals surface area (Å²) in [7, 11) is 0. The third-order valence-electron chi connectivity index (χ3n) is 3.26. The average molecular weight is 266 g/mol. The number of H-pyrrole nitrogens is 1. The van der Waals surface area contributed by atoms with E-state index in [4.69, 9.17) is 0 Å². The van der Waals surface area contributed by atoms with Gasteiger partial charge in [-0.3, -0.25) is 4.79 Å². The van der Waals surface area contributed by atoms with Crippen LogP contribution in [0.3, 0.4) is 0 Å². The third kappa shape index (κ3) is 2.23. The first-order valence-corrected chi connectivity index (χ1v) is 6.37. The van der Waals surface area contributed by atoms with E-state index in [-0.39, 0.29) is 11.7 Å². The van der Waals surface area contributed by atoms with Crippen LogP contribution in [0.4, 0.5) is 0 Å². The lowest BCUT2D eigenvalue weighted by atomic mass is 10.1. The highest BCUT2D eigenvalue weighted by atomic mass is 16.3. The van der Waals surface area contributed by atoms with Crippen molar-refractivity contribution in [3.63, 3.8) is 0 Å². The third-order valence-corrected chi connectivity index (χ3v) is 3.26. The summed E-state index contributed by atoms with van der Waals surface area (Å²) in [6, 6.07) is 14.6. The molecule has 0 saturated carbocycles. The van der Waals surface area contributed by atoms with Crippen molar-refractivity contribution in [1.29, 1.82) is 0 Å². The molecule has 4 nitrogen and oxygen atoms in total. The fourth-order valence-corrected chi connectivity index (χ4v) is 2.19. The number of amides is 1. The molecular formula is C16H14N2O2.